The number of amides is 1. The van der Waals surface area contributed by atoms with E-state index in [4.69, 9.17) is 9.72 Å². The Balaban J connectivity index is 1.54. The first-order valence-electron chi connectivity index (χ1n) is 10.00. The van der Waals surface area contributed by atoms with Crippen LogP contribution in [0.5, 0.6) is 5.75 Å². The van der Waals surface area contributed by atoms with Crippen molar-refractivity contribution in [3.63, 3.8) is 0 Å². The highest BCUT2D eigenvalue weighted by atomic mass is 16.5. The van der Waals surface area contributed by atoms with Crippen LogP contribution in [-0.4, -0.2) is 27.8 Å². The molecule has 1 unspecified atom stereocenters. The van der Waals surface area contributed by atoms with Crippen LogP contribution in [0, 0.1) is 0 Å². The molecule has 0 aliphatic heterocycles. The van der Waals surface area contributed by atoms with Crippen LogP contribution in [-0.2, 0) is 13.5 Å². The van der Waals surface area contributed by atoms with Crippen molar-refractivity contribution < 1.29 is 9.53 Å². The number of aromatic nitrogens is 3. The van der Waals surface area contributed by atoms with Gasteiger partial charge in [0, 0.05) is 12.6 Å². The molecule has 2 aromatic heterocycles. The summed E-state index contributed by atoms with van der Waals surface area (Å²) < 4.78 is 6.95. The average molecular weight is 398 g/mol. The van der Waals surface area contributed by atoms with E-state index in [1.54, 1.807) is 18.0 Å². The molecule has 0 saturated carbocycles. The zero-order chi connectivity index (χ0) is 20.7. The minimum absolute atomic E-state index is 0.0259. The van der Waals surface area contributed by atoms with Crippen LogP contribution in [0.2, 0.25) is 0 Å². The summed E-state index contributed by atoms with van der Waals surface area (Å²) in [5, 5.41) is 8.30. The van der Waals surface area contributed by atoms with Gasteiger partial charge in [0.2, 0.25) is 0 Å². The molecule has 2 heterocycles. The number of nitrogens with one attached hydrogen (secondary N) is 1. The number of methoxy groups -OCH3 is 1. The normalized spacial score (nSPS) is 15.2. The molecule has 6 nitrogen and oxygen atoms in total. The minimum atomic E-state index is -0.105. The number of rotatable bonds is 4. The Morgan fingerprint density at radius 2 is 1.97 bits per heavy atom. The fourth-order valence-corrected chi connectivity index (χ4v) is 4.16. The van der Waals surface area contributed by atoms with Gasteiger partial charge < -0.3 is 10.1 Å². The lowest BCUT2D eigenvalue weighted by molar-refractivity contribution is 0.0938. The van der Waals surface area contributed by atoms with Crippen molar-refractivity contribution in [2.24, 2.45) is 7.05 Å². The van der Waals surface area contributed by atoms with E-state index in [0.717, 1.165) is 35.2 Å². The van der Waals surface area contributed by atoms with Gasteiger partial charge in [-0.15, -0.1) is 0 Å². The van der Waals surface area contributed by atoms with E-state index in [9.17, 15) is 4.79 Å². The zero-order valence-electron chi connectivity index (χ0n) is 16.9. The number of aryl methyl sites for hydroxylation is 2. The first-order valence-corrected chi connectivity index (χ1v) is 10.00. The van der Waals surface area contributed by atoms with E-state index in [0.29, 0.717) is 11.2 Å². The van der Waals surface area contributed by atoms with Crippen molar-refractivity contribution in [2.45, 2.75) is 18.9 Å². The topological polar surface area (TPSA) is 69.0 Å². The van der Waals surface area contributed by atoms with Gasteiger partial charge in [-0.2, -0.15) is 5.10 Å². The van der Waals surface area contributed by atoms with E-state index >= 15 is 0 Å². The highest BCUT2D eigenvalue weighted by Crippen LogP contribution is 2.32. The summed E-state index contributed by atoms with van der Waals surface area (Å²) in [6.07, 6.45) is 3.60. The first-order chi connectivity index (χ1) is 14.6. The maximum Gasteiger partial charge on any atom is 0.252 e. The Morgan fingerprint density at radius 3 is 2.77 bits per heavy atom. The number of fused-ring (bicyclic) bond motifs is 2. The Morgan fingerprint density at radius 1 is 1.17 bits per heavy atom. The smallest absolute Gasteiger partial charge is 0.252 e. The predicted molar refractivity (Wildman–Crippen MR) is 115 cm³/mol. The molecule has 6 heteroatoms. The number of ether oxygens (including phenoxy) is 1. The molecule has 0 radical (unpaired) electrons. The molecule has 1 aliphatic carbocycles. The van der Waals surface area contributed by atoms with Crippen LogP contribution in [0.25, 0.3) is 22.3 Å². The van der Waals surface area contributed by atoms with Gasteiger partial charge in [-0.1, -0.05) is 24.3 Å². The van der Waals surface area contributed by atoms with Gasteiger partial charge in [0.15, 0.2) is 5.65 Å². The summed E-state index contributed by atoms with van der Waals surface area (Å²) in [5.74, 6) is 0.671. The Kier molecular flexibility index (Phi) is 4.47. The van der Waals surface area contributed by atoms with Crippen molar-refractivity contribution in [2.75, 3.05) is 7.11 Å². The fraction of sp³-hybridized carbons (Fsp3) is 0.208. The molecule has 30 heavy (non-hydrogen) atoms. The average Bonchev–Trinajstić information content (AvgIpc) is 3.37. The molecule has 0 fully saturated rings. The third kappa shape index (κ3) is 3.10. The summed E-state index contributed by atoms with van der Waals surface area (Å²) in [4.78, 5) is 18.1. The number of hydrogen-bond acceptors (Lipinski definition) is 4. The van der Waals surface area contributed by atoms with Crippen molar-refractivity contribution >= 4 is 16.9 Å². The molecule has 150 valence electrons. The summed E-state index contributed by atoms with van der Waals surface area (Å²) in [5.41, 5.74) is 5.43. The molecule has 1 N–H and O–H groups in total. The van der Waals surface area contributed by atoms with Crippen molar-refractivity contribution in [1.82, 2.24) is 20.1 Å². The highest BCUT2D eigenvalue weighted by molar-refractivity contribution is 6.06. The Labute approximate surface area is 174 Å². The summed E-state index contributed by atoms with van der Waals surface area (Å²) in [6, 6.07) is 17.8. The van der Waals surface area contributed by atoms with Crippen molar-refractivity contribution in [3.05, 3.63) is 77.5 Å². The lowest BCUT2D eigenvalue weighted by Crippen LogP contribution is -2.27. The predicted octanol–water partition coefficient (Wildman–Crippen LogP) is 4.06. The third-order valence-electron chi connectivity index (χ3n) is 5.77. The second-order valence-corrected chi connectivity index (χ2v) is 7.55. The van der Waals surface area contributed by atoms with Crippen LogP contribution < -0.4 is 10.1 Å². The van der Waals surface area contributed by atoms with Crippen molar-refractivity contribution in [1.29, 1.82) is 0 Å². The lowest BCUT2D eigenvalue weighted by Gasteiger charge is -2.15. The second kappa shape index (κ2) is 7.30. The highest BCUT2D eigenvalue weighted by Gasteiger charge is 2.25. The Hall–Kier alpha value is -3.67. The van der Waals surface area contributed by atoms with Gasteiger partial charge in [0.05, 0.1) is 36.0 Å². The number of nitrogens with zero attached hydrogens (tertiary/aromatic N) is 3. The van der Waals surface area contributed by atoms with Gasteiger partial charge in [-0.05, 0) is 54.3 Å². The van der Waals surface area contributed by atoms with E-state index < -0.39 is 0 Å². The molecule has 1 aliphatic rings. The summed E-state index contributed by atoms with van der Waals surface area (Å²) in [6.45, 7) is 0. The zero-order valence-corrected chi connectivity index (χ0v) is 16.9. The molecule has 1 amide bonds. The van der Waals surface area contributed by atoms with E-state index in [1.807, 2.05) is 49.5 Å². The van der Waals surface area contributed by atoms with Crippen LogP contribution >= 0.6 is 0 Å². The molecule has 4 aromatic rings. The molecular formula is C24H22N4O2. The molecule has 2 aromatic carbocycles. The van der Waals surface area contributed by atoms with E-state index in [1.165, 1.54) is 11.1 Å². The van der Waals surface area contributed by atoms with Crippen LogP contribution in [0.15, 0.2) is 60.8 Å². The van der Waals surface area contributed by atoms with Gasteiger partial charge >= 0.3 is 0 Å². The quantitative estimate of drug-likeness (QED) is 0.563. The molecule has 0 saturated heterocycles. The minimum Gasteiger partial charge on any atom is -0.497 e. The van der Waals surface area contributed by atoms with Gasteiger partial charge in [-0.25, -0.2) is 4.98 Å². The van der Waals surface area contributed by atoms with Crippen molar-refractivity contribution in [3.8, 4) is 17.0 Å². The van der Waals surface area contributed by atoms with E-state index in [2.05, 4.69) is 22.5 Å². The number of carbonyl (C=O) groups is 1. The fourth-order valence-electron chi connectivity index (χ4n) is 4.16. The Bertz CT molecular complexity index is 1240. The number of carbonyl (C=O) groups excluding carboxylic acids is 1. The molecule has 0 spiro atoms. The maximum absolute atomic E-state index is 13.3. The SMILES string of the molecule is COc1ccc(-c2cc(C(=O)NC3CCc4ccccc43)c3cnn(C)c3n2)cc1. The van der Waals surface area contributed by atoms with Gasteiger partial charge in [0.1, 0.15) is 5.75 Å². The lowest BCUT2D eigenvalue weighted by atomic mass is 10.0. The van der Waals surface area contributed by atoms with Crippen LogP contribution in [0.3, 0.4) is 0 Å². The second-order valence-electron chi connectivity index (χ2n) is 7.55. The molecule has 5 rings (SSSR count). The standard InChI is InChI=1S/C24H22N4O2/c1-28-23-20(14-25-28)19(13-22(26-23)16-7-10-17(30-2)11-8-16)24(29)27-21-12-9-15-5-3-4-6-18(15)21/h3-8,10-11,13-14,21H,9,12H2,1-2H3,(H,27,29). The number of hydrogen-bond donors (Lipinski definition) is 1. The summed E-state index contributed by atoms with van der Waals surface area (Å²) in [7, 11) is 3.47. The van der Waals surface area contributed by atoms with E-state index in [-0.39, 0.29) is 11.9 Å². The third-order valence-corrected chi connectivity index (χ3v) is 5.77. The van der Waals surface area contributed by atoms with Crippen LogP contribution in [0.1, 0.15) is 33.9 Å². The first kappa shape index (κ1) is 18.4. The monoisotopic (exact) mass is 398 g/mol. The van der Waals surface area contributed by atoms with Gasteiger partial charge in [-0.3, -0.25) is 9.48 Å². The summed E-state index contributed by atoms with van der Waals surface area (Å²) >= 11 is 0. The van der Waals surface area contributed by atoms with Gasteiger partial charge in [0.25, 0.3) is 5.91 Å². The van der Waals surface area contributed by atoms with Crippen LogP contribution in [0.4, 0.5) is 0 Å². The number of pyridine rings is 1. The molecular weight excluding hydrogens is 376 g/mol. The number of benzene rings is 2. The largest absolute Gasteiger partial charge is 0.497 e. The molecule has 0 bridgehead atoms. The molecule has 1 atom stereocenters. The maximum atomic E-state index is 13.3.